The average Bonchev–Trinajstić information content (AvgIpc) is 2.73. The molecule has 0 N–H and O–H groups in total. The van der Waals surface area contributed by atoms with E-state index in [1.54, 1.807) is 36.4 Å². The van der Waals surface area contributed by atoms with E-state index in [0.29, 0.717) is 11.3 Å². The van der Waals surface area contributed by atoms with Crippen molar-refractivity contribution in [3.05, 3.63) is 54.1 Å². The van der Waals surface area contributed by atoms with Gasteiger partial charge in [-0.25, -0.2) is 8.42 Å². The molecule has 1 aliphatic rings. The van der Waals surface area contributed by atoms with E-state index in [9.17, 15) is 13.2 Å². The number of carbonyl (C=O) groups excluding carboxylic acids is 1. The van der Waals surface area contributed by atoms with Gasteiger partial charge in [0.05, 0.1) is 16.1 Å². The average molecular weight is 405 g/mol. The van der Waals surface area contributed by atoms with Gasteiger partial charge in [-0.15, -0.1) is 11.8 Å². The first-order valence-electron chi connectivity index (χ1n) is 8.96. The van der Waals surface area contributed by atoms with Crippen LogP contribution >= 0.6 is 11.8 Å². The molecule has 2 aromatic rings. The van der Waals surface area contributed by atoms with Crippen LogP contribution in [0.3, 0.4) is 0 Å². The van der Waals surface area contributed by atoms with Crippen LogP contribution in [0, 0.1) is 0 Å². The normalized spacial score (nSPS) is 14.8. The van der Waals surface area contributed by atoms with Crippen LogP contribution < -0.4 is 4.31 Å². The highest BCUT2D eigenvalue weighted by atomic mass is 32.2. The van der Waals surface area contributed by atoms with Crippen molar-refractivity contribution in [2.24, 2.45) is 0 Å². The van der Waals surface area contributed by atoms with Gasteiger partial charge in [0, 0.05) is 25.0 Å². The van der Waals surface area contributed by atoms with Gasteiger partial charge in [-0.05, 0) is 55.9 Å². The summed E-state index contributed by atoms with van der Waals surface area (Å²) in [6.45, 7) is 1.46. The lowest BCUT2D eigenvalue weighted by atomic mass is 10.1. The summed E-state index contributed by atoms with van der Waals surface area (Å²) in [4.78, 5) is 15.8. The van der Waals surface area contributed by atoms with Crippen molar-refractivity contribution < 1.29 is 13.2 Å². The molecule has 1 saturated heterocycles. The van der Waals surface area contributed by atoms with Crippen molar-refractivity contribution in [2.75, 3.05) is 30.7 Å². The minimum absolute atomic E-state index is 0.0848. The molecule has 1 amide bonds. The number of anilines is 1. The van der Waals surface area contributed by atoms with Crippen LogP contribution in [0.4, 0.5) is 5.69 Å². The number of rotatable bonds is 5. The van der Waals surface area contributed by atoms with Gasteiger partial charge >= 0.3 is 0 Å². The lowest BCUT2D eigenvalue weighted by Gasteiger charge is -2.27. The zero-order valence-electron chi connectivity index (χ0n) is 15.6. The van der Waals surface area contributed by atoms with Crippen molar-refractivity contribution in [2.45, 2.75) is 29.1 Å². The molecule has 0 unspecified atom stereocenters. The Bertz CT molecular complexity index is 908. The molecule has 7 heteroatoms. The molecule has 3 rings (SSSR count). The van der Waals surface area contributed by atoms with Crippen molar-refractivity contribution in [1.82, 2.24) is 4.90 Å². The molecule has 144 valence electrons. The van der Waals surface area contributed by atoms with Gasteiger partial charge < -0.3 is 4.90 Å². The molecule has 0 aromatic heterocycles. The Morgan fingerprint density at radius 1 is 1.04 bits per heavy atom. The van der Waals surface area contributed by atoms with Gasteiger partial charge in [-0.1, -0.05) is 18.2 Å². The van der Waals surface area contributed by atoms with E-state index in [0.717, 1.165) is 37.2 Å². The van der Waals surface area contributed by atoms with Gasteiger partial charge in [0.25, 0.3) is 15.9 Å². The second-order valence-electron chi connectivity index (χ2n) is 6.52. The number of thioether (sulfide) groups is 1. The monoisotopic (exact) mass is 404 g/mol. The van der Waals surface area contributed by atoms with Gasteiger partial charge in [-0.2, -0.15) is 0 Å². The summed E-state index contributed by atoms with van der Waals surface area (Å²) in [5.41, 5.74) is 1.04. The second-order valence-corrected chi connectivity index (χ2v) is 9.34. The second kappa shape index (κ2) is 8.35. The number of benzene rings is 2. The van der Waals surface area contributed by atoms with E-state index >= 15 is 0 Å². The first-order chi connectivity index (χ1) is 12.9. The highest BCUT2D eigenvalue weighted by molar-refractivity contribution is 7.98. The maximum Gasteiger partial charge on any atom is 0.264 e. The Balaban J connectivity index is 1.98. The molecule has 5 nitrogen and oxygen atoms in total. The third-order valence-electron chi connectivity index (χ3n) is 4.82. The third-order valence-corrected chi connectivity index (χ3v) is 7.40. The molecule has 0 radical (unpaired) electrons. The van der Waals surface area contributed by atoms with Crippen LogP contribution in [0.15, 0.2) is 58.3 Å². The van der Waals surface area contributed by atoms with E-state index in [-0.39, 0.29) is 10.8 Å². The van der Waals surface area contributed by atoms with Crippen LogP contribution in [0.5, 0.6) is 0 Å². The lowest BCUT2D eigenvalue weighted by molar-refractivity contribution is 0.0720. The Hall–Kier alpha value is -1.99. The SMILES string of the molecule is CSc1ccc(S(=O)(=O)N(C)c2ccccc2)cc1C(=O)N1CCCCC1. The van der Waals surface area contributed by atoms with Crippen molar-refractivity contribution in [1.29, 1.82) is 0 Å². The predicted molar refractivity (Wildman–Crippen MR) is 110 cm³/mol. The number of hydrogen-bond donors (Lipinski definition) is 0. The zero-order valence-corrected chi connectivity index (χ0v) is 17.2. The summed E-state index contributed by atoms with van der Waals surface area (Å²) in [5.74, 6) is -0.0848. The molecule has 1 heterocycles. The number of likely N-dealkylation sites (tertiary alicyclic amines) is 1. The Morgan fingerprint density at radius 2 is 1.70 bits per heavy atom. The van der Waals surface area contributed by atoms with Crippen LogP contribution in [0.1, 0.15) is 29.6 Å². The Morgan fingerprint density at radius 3 is 2.33 bits per heavy atom. The maximum atomic E-state index is 13.1. The van der Waals surface area contributed by atoms with Gasteiger partial charge in [0.1, 0.15) is 0 Å². The van der Waals surface area contributed by atoms with E-state index in [1.807, 2.05) is 17.2 Å². The zero-order chi connectivity index (χ0) is 19.4. The van der Waals surface area contributed by atoms with Crippen molar-refractivity contribution >= 4 is 33.4 Å². The fraction of sp³-hybridized carbons (Fsp3) is 0.350. The predicted octanol–water partition coefficient (Wildman–Crippen LogP) is 3.86. The Kier molecular flexibility index (Phi) is 6.11. The molecular formula is C20H24N2O3S2. The molecule has 0 spiro atoms. The smallest absolute Gasteiger partial charge is 0.264 e. The Labute approximate surface area is 165 Å². The van der Waals surface area contributed by atoms with Crippen LogP contribution in [-0.4, -0.2) is 45.6 Å². The van der Waals surface area contributed by atoms with Crippen LogP contribution in [-0.2, 0) is 10.0 Å². The first-order valence-corrected chi connectivity index (χ1v) is 11.6. The number of carbonyl (C=O) groups is 1. The fourth-order valence-corrected chi connectivity index (χ4v) is 5.01. The number of sulfonamides is 1. The molecule has 0 aliphatic carbocycles. The number of piperidine rings is 1. The van der Waals surface area contributed by atoms with E-state index in [4.69, 9.17) is 0 Å². The lowest BCUT2D eigenvalue weighted by Crippen LogP contribution is -2.36. The summed E-state index contributed by atoms with van der Waals surface area (Å²) < 4.78 is 27.4. The highest BCUT2D eigenvalue weighted by Crippen LogP contribution is 2.28. The molecule has 1 aliphatic heterocycles. The van der Waals surface area contributed by atoms with E-state index in [2.05, 4.69) is 0 Å². The number of amides is 1. The fourth-order valence-electron chi connectivity index (χ4n) is 3.22. The van der Waals surface area contributed by atoms with Crippen LogP contribution in [0.25, 0.3) is 0 Å². The van der Waals surface area contributed by atoms with Crippen molar-refractivity contribution in [3.8, 4) is 0 Å². The largest absolute Gasteiger partial charge is 0.339 e. The van der Waals surface area contributed by atoms with Crippen molar-refractivity contribution in [3.63, 3.8) is 0 Å². The summed E-state index contributed by atoms with van der Waals surface area (Å²) >= 11 is 1.46. The van der Waals surface area contributed by atoms with Crippen LogP contribution in [0.2, 0.25) is 0 Å². The van der Waals surface area contributed by atoms with Gasteiger partial charge in [0.15, 0.2) is 0 Å². The molecule has 0 atom stereocenters. The number of para-hydroxylation sites is 1. The number of hydrogen-bond acceptors (Lipinski definition) is 4. The van der Waals surface area contributed by atoms with Gasteiger partial charge in [-0.3, -0.25) is 9.10 Å². The summed E-state index contributed by atoms with van der Waals surface area (Å²) in [7, 11) is -2.22. The molecular weight excluding hydrogens is 380 g/mol. The van der Waals surface area contributed by atoms with Gasteiger partial charge in [0.2, 0.25) is 0 Å². The highest BCUT2D eigenvalue weighted by Gasteiger charge is 2.26. The molecule has 1 fully saturated rings. The minimum atomic E-state index is -3.75. The quantitative estimate of drug-likeness (QED) is 0.710. The summed E-state index contributed by atoms with van der Waals surface area (Å²) in [5, 5.41) is 0. The molecule has 27 heavy (non-hydrogen) atoms. The molecule has 0 bridgehead atoms. The topological polar surface area (TPSA) is 57.7 Å². The first kappa shape index (κ1) is 19.8. The number of nitrogens with zero attached hydrogens (tertiary/aromatic N) is 2. The summed E-state index contributed by atoms with van der Waals surface area (Å²) in [6, 6.07) is 13.7. The standard InChI is InChI=1S/C20H24N2O3S2/c1-21(16-9-5-3-6-10-16)27(24,25)17-11-12-19(26-2)18(15-17)20(23)22-13-7-4-8-14-22/h3,5-6,9-12,15H,4,7-8,13-14H2,1-2H3. The third kappa shape index (κ3) is 4.14. The minimum Gasteiger partial charge on any atom is -0.339 e. The molecule has 2 aromatic carbocycles. The summed E-state index contributed by atoms with van der Waals surface area (Å²) in [6.07, 6.45) is 5.02. The van der Waals surface area contributed by atoms with E-state index < -0.39 is 10.0 Å². The molecule has 0 saturated carbocycles. The van der Waals surface area contributed by atoms with E-state index in [1.165, 1.54) is 29.2 Å². The maximum absolute atomic E-state index is 13.1.